The van der Waals surface area contributed by atoms with Gasteiger partial charge in [-0.1, -0.05) is 38.1 Å². The van der Waals surface area contributed by atoms with Crippen molar-refractivity contribution in [3.63, 3.8) is 0 Å². The fourth-order valence-electron chi connectivity index (χ4n) is 3.37. The first-order valence-electron chi connectivity index (χ1n) is 9.46. The highest BCUT2D eigenvalue weighted by molar-refractivity contribution is 6.05. The minimum Gasteiger partial charge on any atom is -0.330 e. The molecule has 1 amide bonds. The molecule has 0 radical (unpaired) electrons. The van der Waals surface area contributed by atoms with E-state index in [1.807, 2.05) is 4.90 Å². The maximum atomic E-state index is 13.2. The van der Waals surface area contributed by atoms with Gasteiger partial charge in [0.05, 0.1) is 10.4 Å². The maximum Gasteiger partial charge on any atom is 0.275 e. The van der Waals surface area contributed by atoms with E-state index in [-0.39, 0.29) is 23.3 Å². The molecule has 1 heterocycles. The molecule has 28 heavy (non-hydrogen) atoms. The normalized spacial score (nSPS) is 13.8. The zero-order valence-corrected chi connectivity index (χ0v) is 15.9. The Morgan fingerprint density at radius 2 is 1.96 bits per heavy atom. The van der Waals surface area contributed by atoms with Crippen LogP contribution in [0.1, 0.15) is 54.2 Å². The van der Waals surface area contributed by atoms with Crippen LogP contribution in [-0.4, -0.2) is 32.0 Å². The number of hydrogen-bond donors (Lipinski definition) is 1. The van der Waals surface area contributed by atoms with E-state index in [0.29, 0.717) is 23.4 Å². The number of amides is 1. The van der Waals surface area contributed by atoms with Crippen molar-refractivity contribution in [3.8, 4) is 0 Å². The molecule has 1 saturated carbocycles. The zero-order valence-electron chi connectivity index (χ0n) is 15.9. The van der Waals surface area contributed by atoms with Gasteiger partial charge in [-0.2, -0.15) is 5.10 Å². The van der Waals surface area contributed by atoms with E-state index in [2.05, 4.69) is 48.3 Å². The van der Waals surface area contributed by atoms with Gasteiger partial charge in [0, 0.05) is 30.1 Å². The van der Waals surface area contributed by atoms with Crippen LogP contribution >= 0.6 is 0 Å². The Bertz CT molecular complexity index is 1040. The molecule has 1 fully saturated rings. The van der Waals surface area contributed by atoms with Gasteiger partial charge in [-0.25, -0.2) is 0 Å². The van der Waals surface area contributed by atoms with Gasteiger partial charge in [-0.15, -0.1) is 0 Å². The third-order valence-corrected chi connectivity index (χ3v) is 5.21. The number of rotatable bonds is 6. The van der Waals surface area contributed by atoms with Gasteiger partial charge in [0.1, 0.15) is 0 Å². The second-order valence-corrected chi connectivity index (χ2v) is 7.62. The van der Waals surface area contributed by atoms with Crippen molar-refractivity contribution in [2.24, 2.45) is 0 Å². The molecule has 1 N–H and O–H groups in total. The highest BCUT2D eigenvalue weighted by Gasteiger charge is 2.34. The summed E-state index contributed by atoms with van der Waals surface area (Å²) in [5, 5.41) is 18.6. The first kappa shape index (κ1) is 18.2. The number of nitro benzene ring substituents is 1. The third kappa shape index (κ3) is 3.47. The molecular formula is C21H22N4O3. The average molecular weight is 378 g/mol. The van der Waals surface area contributed by atoms with Crippen molar-refractivity contribution < 1.29 is 9.72 Å². The smallest absolute Gasteiger partial charge is 0.275 e. The number of non-ortho nitro benzene ring substituents is 1. The van der Waals surface area contributed by atoms with Gasteiger partial charge in [-0.3, -0.25) is 20.0 Å². The number of fused-ring (bicyclic) bond motifs is 1. The van der Waals surface area contributed by atoms with E-state index < -0.39 is 4.92 Å². The molecule has 0 spiro atoms. The van der Waals surface area contributed by atoms with E-state index >= 15 is 0 Å². The molecule has 0 bridgehead atoms. The molecule has 0 saturated heterocycles. The Balaban J connectivity index is 1.63. The Labute approximate surface area is 162 Å². The van der Waals surface area contributed by atoms with Gasteiger partial charge >= 0.3 is 0 Å². The fourth-order valence-corrected chi connectivity index (χ4v) is 3.37. The molecule has 1 aliphatic rings. The summed E-state index contributed by atoms with van der Waals surface area (Å²) in [4.78, 5) is 25.7. The predicted molar refractivity (Wildman–Crippen MR) is 106 cm³/mol. The molecule has 144 valence electrons. The number of carbonyl (C=O) groups is 1. The van der Waals surface area contributed by atoms with Crippen molar-refractivity contribution in [1.29, 1.82) is 0 Å². The Morgan fingerprint density at radius 1 is 1.25 bits per heavy atom. The summed E-state index contributed by atoms with van der Waals surface area (Å²) < 4.78 is 0. The minimum atomic E-state index is -0.463. The average Bonchev–Trinajstić information content (AvgIpc) is 3.44. The van der Waals surface area contributed by atoms with Gasteiger partial charge in [0.15, 0.2) is 5.69 Å². The SMILES string of the molecule is CC(C)c1ccc(CN(C(=O)c2n[nH]c3ccc([N+](=O)[O-])cc23)C2CC2)cc1. The number of benzene rings is 2. The van der Waals surface area contributed by atoms with Crippen LogP contribution in [0, 0.1) is 10.1 Å². The van der Waals surface area contributed by atoms with Crippen molar-refractivity contribution in [1.82, 2.24) is 15.1 Å². The van der Waals surface area contributed by atoms with Gasteiger partial charge in [-0.05, 0) is 36.0 Å². The lowest BCUT2D eigenvalue weighted by atomic mass is 10.0. The van der Waals surface area contributed by atoms with Crippen LogP contribution in [0.5, 0.6) is 0 Å². The summed E-state index contributed by atoms with van der Waals surface area (Å²) in [6.07, 6.45) is 1.94. The molecule has 1 aromatic heterocycles. The Kier molecular flexibility index (Phi) is 4.58. The number of nitrogens with zero attached hydrogens (tertiary/aromatic N) is 3. The van der Waals surface area contributed by atoms with Gasteiger partial charge in [0.2, 0.25) is 0 Å². The number of aromatic nitrogens is 2. The number of hydrogen-bond acceptors (Lipinski definition) is 4. The summed E-state index contributed by atoms with van der Waals surface area (Å²) in [7, 11) is 0. The van der Waals surface area contributed by atoms with Crippen molar-refractivity contribution in [2.45, 2.75) is 45.2 Å². The molecule has 4 rings (SSSR count). The number of nitrogens with one attached hydrogen (secondary N) is 1. The van der Waals surface area contributed by atoms with E-state index in [0.717, 1.165) is 18.4 Å². The van der Waals surface area contributed by atoms with Gasteiger partial charge in [0.25, 0.3) is 11.6 Å². The van der Waals surface area contributed by atoms with Crippen LogP contribution in [0.2, 0.25) is 0 Å². The molecule has 7 heteroatoms. The predicted octanol–water partition coefficient (Wildman–Crippen LogP) is 4.40. The zero-order chi connectivity index (χ0) is 19.8. The lowest BCUT2D eigenvalue weighted by molar-refractivity contribution is -0.384. The lowest BCUT2D eigenvalue weighted by Gasteiger charge is -2.22. The first-order valence-corrected chi connectivity index (χ1v) is 9.46. The summed E-state index contributed by atoms with van der Waals surface area (Å²) >= 11 is 0. The molecule has 0 atom stereocenters. The van der Waals surface area contributed by atoms with E-state index in [9.17, 15) is 14.9 Å². The molecule has 3 aromatic rings. The number of aromatic amines is 1. The lowest BCUT2D eigenvalue weighted by Crippen LogP contribution is -2.33. The Morgan fingerprint density at radius 3 is 2.57 bits per heavy atom. The second kappa shape index (κ2) is 7.07. The van der Waals surface area contributed by atoms with E-state index in [4.69, 9.17) is 0 Å². The number of H-pyrrole nitrogens is 1. The highest BCUT2D eigenvalue weighted by Crippen LogP contribution is 2.31. The van der Waals surface area contributed by atoms with Crippen molar-refractivity contribution in [3.05, 3.63) is 69.4 Å². The summed E-state index contributed by atoms with van der Waals surface area (Å²) in [6.45, 7) is 4.80. The molecule has 2 aromatic carbocycles. The second-order valence-electron chi connectivity index (χ2n) is 7.62. The summed E-state index contributed by atoms with van der Waals surface area (Å²) in [5.74, 6) is 0.267. The van der Waals surface area contributed by atoms with Crippen LogP contribution < -0.4 is 0 Å². The molecule has 1 aliphatic carbocycles. The first-order chi connectivity index (χ1) is 13.4. The number of nitro groups is 1. The maximum absolute atomic E-state index is 13.2. The van der Waals surface area contributed by atoms with Crippen LogP contribution in [0.3, 0.4) is 0 Å². The monoisotopic (exact) mass is 378 g/mol. The fraction of sp³-hybridized carbons (Fsp3) is 0.333. The van der Waals surface area contributed by atoms with Crippen molar-refractivity contribution >= 4 is 22.5 Å². The Hall–Kier alpha value is -3.22. The molecule has 0 aliphatic heterocycles. The third-order valence-electron chi connectivity index (χ3n) is 5.21. The quantitative estimate of drug-likeness (QED) is 0.508. The van der Waals surface area contributed by atoms with Crippen LogP contribution in [-0.2, 0) is 6.54 Å². The van der Waals surface area contributed by atoms with Crippen LogP contribution in [0.25, 0.3) is 10.9 Å². The van der Waals surface area contributed by atoms with E-state index in [1.54, 1.807) is 6.07 Å². The highest BCUT2D eigenvalue weighted by atomic mass is 16.6. The van der Waals surface area contributed by atoms with Crippen LogP contribution in [0.4, 0.5) is 5.69 Å². The van der Waals surface area contributed by atoms with Crippen molar-refractivity contribution in [2.75, 3.05) is 0 Å². The van der Waals surface area contributed by atoms with Crippen LogP contribution in [0.15, 0.2) is 42.5 Å². The summed E-state index contributed by atoms with van der Waals surface area (Å²) in [6, 6.07) is 12.9. The molecule has 0 unspecified atom stereocenters. The molecule has 7 nitrogen and oxygen atoms in total. The number of carbonyl (C=O) groups excluding carboxylic acids is 1. The molecular weight excluding hydrogens is 356 g/mol. The minimum absolute atomic E-state index is 0.0507. The summed E-state index contributed by atoms with van der Waals surface area (Å²) in [5.41, 5.74) is 3.13. The standard InChI is InChI=1S/C21H22N4O3/c1-13(2)15-5-3-14(4-6-15)12-24(16-7-8-16)21(26)20-18-11-17(25(27)28)9-10-19(18)22-23-20/h3-6,9-11,13,16H,7-8,12H2,1-2H3,(H,22,23). The topological polar surface area (TPSA) is 92.1 Å². The van der Waals surface area contributed by atoms with E-state index in [1.165, 1.54) is 17.7 Å². The largest absolute Gasteiger partial charge is 0.330 e. The van der Waals surface area contributed by atoms with Gasteiger partial charge < -0.3 is 4.90 Å².